The van der Waals surface area contributed by atoms with Gasteiger partial charge in [-0.2, -0.15) is 0 Å². The molecule has 6 heteroatoms. The van der Waals surface area contributed by atoms with Gasteiger partial charge in [-0.1, -0.05) is 0 Å². The Hall–Kier alpha value is -1.30. The van der Waals surface area contributed by atoms with Crippen LogP contribution in [0.5, 0.6) is 5.88 Å². The first-order valence-corrected chi connectivity index (χ1v) is 6.49. The van der Waals surface area contributed by atoms with Crippen LogP contribution in [0.15, 0.2) is 18.3 Å². The van der Waals surface area contributed by atoms with Crippen LogP contribution < -0.4 is 10.1 Å². The first kappa shape index (κ1) is 11.8. The maximum Gasteiger partial charge on any atom is 0.214 e. The average molecular weight is 230 g/mol. The highest BCUT2D eigenvalue weighted by molar-refractivity contribution is 7.90. The standard InChI is InChI=1S/C9H14N2O3S/c1-14-9-7-8(3-4-11-9)10-5-6-15(2,12)13/h3-4,7H,5-6H2,1-2H3,(H,10,11). The highest BCUT2D eigenvalue weighted by Crippen LogP contribution is 2.12. The summed E-state index contributed by atoms with van der Waals surface area (Å²) >= 11 is 0. The molecule has 84 valence electrons. The topological polar surface area (TPSA) is 68.3 Å². The molecule has 0 aliphatic carbocycles. The number of anilines is 1. The summed E-state index contributed by atoms with van der Waals surface area (Å²) in [7, 11) is -1.39. The smallest absolute Gasteiger partial charge is 0.214 e. The van der Waals surface area contributed by atoms with Crippen molar-refractivity contribution in [3.8, 4) is 5.88 Å². The molecule has 0 saturated heterocycles. The molecule has 0 bridgehead atoms. The second kappa shape index (κ2) is 4.97. The van der Waals surface area contributed by atoms with E-state index < -0.39 is 9.84 Å². The van der Waals surface area contributed by atoms with E-state index in [0.29, 0.717) is 12.4 Å². The maximum absolute atomic E-state index is 10.9. The van der Waals surface area contributed by atoms with Crippen molar-refractivity contribution in [2.75, 3.05) is 31.0 Å². The van der Waals surface area contributed by atoms with Gasteiger partial charge in [-0.25, -0.2) is 13.4 Å². The molecule has 0 spiro atoms. The lowest BCUT2D eigenvalue weighted by Crippen LogP contribution is -2.14. The van der Waals surface area contributed by atoms with Crippen LogP contribution in [-0.2, 0) is 9.84 Å². The molecule has 1 aromatic heterocycles. The van der Waals surface area contributed by atoms with E-state index in [9.17, 15) is 8.42 Å². The second-order valence-corrected chi connectivity index (χ2v) is 5.40. The van der Waals surface area contributed by atoms with E-state index in [2.05, 4.69) is 10.3 Å². The number of hydrogen-bond donors (Lipinski definition) is 1. The summed E-state index contributed by atoms with van der Waals surface area (Å²) in [6.07, 6.45) is 2.81. The molecule has 15 heavy (non-hydrogen) atoms. The fraction of sp³-hybridized carbons (Fsp3) is 0.444. The second-order valence-electron chi connectivity index (χ2n) is 3.14. The zero-order valence-corrected chi connectivity index (χ0v) is 9.54. The summed E-state index contributed by atoms with van der Waals surface area (Å²) in [5, 5.41) is 2.98. The average Bonchev–Trinajstić information content (AvgIpc) is 2.16. The minimum absolute atomic E-state index is 0.109. The van der Waals surface area contributed by atoms with E-state index in [-0.39, 0.29) is 5.75 Å². The molecule has 0 unspecified atom stereocenters. The van der Waals surface area contributed by atoms with Crippen molar-refractivity contribution >= 4 is 15.5 Å². The summed E-state index contributed by atoms with van der Waals surface area (Å²) in [6, 6.07) is 3.47. The minimum atomic E-state index is -2.92. The number of hydrogen-bond acceptors (Lipinski definition) is 5. The lowest BCUT2D eigenvalue weighted by molar-refractivity contribution is 0.398. The Labute approximate surface area is 89.4 Å². The molecule has 0 radical (unpaired) electrons. The Morgan fingerprint density at radius 3 is 2.87 bits per heavy atom. The van der Waals surface area contributed by atoms with Gasteiger partial charge in [0, 0.05) is 30.8 Å². The summed E-state index contributed by atoms with van der Waals surface area (Å²) in [6.45, 7) is 0.381. The number of rotatable bonds is 5. The van der Waals surface area contributed by atoms with Gasteiger partial charge in [0.05, 0.1) is 12.9 Å². The fourth-order valence-electron chi connectivity index (χ4n) is 1.01. The summed E-state index contributed by atoms with van der Waals surface area (Å²) in [5.74, 6) is 0.608. The van der Waals surface area contributed by atoms with Crippen molar-refractivity contribution in [2.45, 2.75) is 0 Å². The quantitative estimate of drug-likeness (QED) is 0.800. The van der Waals surface area contributed by atoms with Gasteiger partial charge in [-0.15, -0.1) is 0 Å². The highest BCUT2D eigenvalue weighted by Gasteiger charge is 2.01. The number of sulfone groups is 1. The Balaban J connectivity index is 2.51. The third kappa shape index (κ3) is 4.64. The van der Waals surface area contributed by atoms with Crippen molar-refractivity contribution in [3.05, 3.63) is 18.3 Å². The van der Waals surface area contributed by atoms with Gasteiger partial charge < -0.3 is 10.1 Å². The third-order valence-electron chi connectivity index (χ3n) is 1.75. The Morgan fingerprint density at radius 1 is 1.53 bits per heavy atom. The predicted octanol–water partition coefficient (Wildman–Crippen LogP) is 0.547. The van der Waals surface area contributed by atoms with Crippen LogP contribution in [0.3, 0.4) is 0 Å². The first-order chi connectivity index (χ1) is 7.01. The monoisotopic (exact) mass is 230 g/mol. The molecule has 1 rings (SSSR count). The summed E-state index contributed by atoms with van der Waals surface area (Å²) in [4.78, 5) is 3.93. The van der Waals surface area contributed by atoms with Crippen LogP contribution in [0.25, 0.3) is 0 Å². The Bertz CT molecular complexity index is 417. The van der Waals surface area contributed by atoms with Crippen LogP contribution in [0.1, 0.15) is 0 Å². The van der Waals surface area contributed by atoms with Crippen molar-refractivity contribution < 1.29 is 13.2 Å². The van der Waals surface area contributed by atoms with Gasteiger partial charge in [0.1, 0.15) is 9.84 Å². The van der Waals surface area contributed by atoms with Crippen molar-refractivity contribution in [1.82, 2.24) is 4.98 Å². The molecule has 0 atom stereocenters. The lowest BCUT2D eigenvalue weighted by atomic mass is 10.4. The lowest BCUT2D eigenvalue weighted by Gasteiger charge is -2.06. The molecule has 5 nitrogen and oxygen atoms in total. The van der Waals surface area contributed by atoms with Gasteiger partial charge in [0.2, 0.25) is 5.88 Å². The number of nitrogens with zero attached hydrogens (tertiary/aromatic N) is 1. The number of methoxy groups -OCH3 is 1. The Kier molecular flexibility index (Phi) is 3.90. The predicted molar refractivity (Wildman–Crippen MR) is 59.0 cm³/mol. The Morgan fingerprint density at radius 2 is 2.27 bits per heavy atom. The molecule has 1 N–H and O–H groups in total. The van der Waals surface area contributed by atoms with Gasteiger partial charge in [0.15, 0.2) is 0 Å². The van der Waals surface area contributed by atoms with Crippen LogP contribution in [0.2, 0.25) is 0 Å². The highest BCUT2D eigenvalue weighted by atomic mass is 32.2. The SMILES string of the molecule is COc1cc(NCCS(C)(=O)=O)ccn1. The molecule has 0 saturated carbocycles. The van der Waals surface area contributed by atoms with E-state index in [4.69, 9.17) is 4.74 Å². The largest absolute Gasteiger partial charge is 0.481 e. The van der Waals surface area contributed by atoms with E-state index in [1.165, 1.54) is 13.4 Å². The van der Waals surface area contributed by atoms with Gasteiger partial charge >= 0.3 is 0 Å². The van der Waals surface area contributed by atoms with E-state index in [0.717, 1.165) is 5.69 Å². The normalized spacial score (nSPS) is 11.1. The van der Waals surface area contributed by atoms with Crippen LogP contribution in [0, 0.1) is 0 Å². The van der Waals surface area contributed by atoms with Crippen LogP contribution >= 0.6 is 0 Å². The summed E-state index contributed by atoms with van der Waals surface area (Å²) in [5.41, 5.74) is 0.797. The van der Waals surface area contributed by atoms with E-state index in [1.807, 2.05) is 0 Å². The van der Waals surface area contributed by atoms with E-state index in [1.54, 1.807) is 18.3 Å². The summed E-state index contributed by atoms with van der Waals surface area (Å²) < 4.78 is 26.7. The van der Waals surface area contributed by atoms with Crippen LogP contribution in [-0.4, -0.2) is 39.1 Å². The molecular weight excluding hydrogens is 216 g/mol. The number of aromatic nitrogens is 1. The molecular formula is C9H14N2O3S. The minimum Gasteiger partial charge on any atom is -0.481 e. The maximum atomic E-state index is 10.9. The number of pyridine rings is 1. The molecule has 0 amide bonds. The molecule has 0 aliphatic heterocycles. The van der Waals surface area contributed by atoms with Crippen LogP contribution in [0.4, 0.5) is 5.69 Å². The molecule has 1 aromatic rings. The first-order valence-electron chi connectivity index (χ1n) is 4.43. The molecule has 0 fully saturated rings. The zero-order chi connectivity index (χ0) is 11.3. The molecule has 0 aliphatic rings. The van der Waals surface area contributed by atoms with Crippen molar-refractivity contribution in [1.29, 1.82) is 0 Å². The zero-order valence-electron chi connectivity index (χ0n) is 8.73. The van der Waals surface area contributed by atoms with Gasteiger partial charge in [0.25, 0.3) is 0 Å². The third-order valence-corrected chi connectivity index (χ3v) is 2.69. The van der Waals surface area contributed by atoms with Crippen molar-refractivity contribution in [3.63, 3.8) is 0 Å². The van der Waals surface area contributed by atoms with Gasteiger partial charge in [-0.05, 0) is 6.07 Å². The fourth-order valence-corrected chi connectivity index (χ4v) is 1.48. The molecule has 0 aromatic carbocycles. The molecule has 1 heterocycles. The number of nitrogens with one attached hydrogen (secondary N) is 1. The van der Waals surface area contributed by atoms with E-state index >= 15 is 0 Å². The van der Waals surface area contributed by atoms with Crippen molar-refractivity contribution in [2.24, 2.45) is 0 Å². The number of ether oxygens (including phenoxy) is 1. The van der Waals surface area contributed by atoms with Gasteiger partial charge in [-0.3, -0.25) is 0 Å².